The Morgan fingerprint density at radius 1 is 1.35 bits per heavy atom. The van der Waals surface area contributed by atoms with Crippen LogP contribution in [0.25, 0.3) is 0 Å². The molecule has 0 saturated carbocycles. The van der Waals surface area contributed by atoms with Crippen LogP contribution in [0.1, 0.15) is 13.8 Å². The minimum Gasteiger partial charge on any atom is -0.497 e. The summed E-state index contributed by atoms with van der Waals surface area (Å²) in [5, 5.41) is -0.132. The standard InChI is InChI=1S/C14H22N2O2S.ClH/c1-10(9-15)16(3)14(17)11(2)19-13-7-5-12(18-4)6-8-13;/h5-8,10-11H,9,15H2,1-4H3;1H. The summed E-state index contributed by atoms with van der Waals surface area (Å²) < 4.78 is 5.11. The normalized spacial score (nSPS) is 13.1. The smallest absolute Gasteiger partial charge is 0.235 e. The van der Waals surface area contributed by atoms with Gasteiger partial charge in [-0.3, -0.25) is 4.79 Å². The summed E-state index contributed by atoms with van der Waals surface area (Å²) >= 11 is 1.54. The van der Waals surface area contributed by atoms with Crippen molar-refractivity contribution in [3.05, 3.63) is 24.3 Å². The molecule has 0 bridgehead atoms. The molecule has 0 aliphatic carbocycles. The van der Waals surface area contributed by atoms with Gasteiger partial charge in [-0.2, -0.15) is 0 Å². The van der Waals surface area contributed by atoms with Crippen molar-refractivity contribution in [2.45, 2.75) is 30.0 Å². The average Bonchev–Trinajstić information content (AvgIpc) is 2.45. The topological polar surface area (TPSA) is 55.6 Å². The van der Waals surface area contributed by atoms with Crippen LogP contribution in [0.4, 0.5) is 0 Å². The van der Waals surface area contributed by atoms with Crippen molar-refractivity contribution >= 4 is 30.1 Å². The molecule has 1 amide bonds. The van der Waals surface area contributed by atoms with Gasteiger partial charge in [0, 0.05) is 24.5 Å². The zero-order valence-electron chi connectivity index (χ0n) is 12.3. The van der Waals surface area contributed by atoms with E-state index >= 15 is 0 Å². The highest BCUT2D eigenvalue weighted by atomic mass is 35.5. The van der Waals surface area contributed by atoms with Gasteiger partial charge in [-0.25, -0.2) is 0 Å². The van der Waals surface area contributed by atoms with Crippen molar-refractivity contribution in [1.29, 1.82) is 0 Å². The van der Waals surface area contributed by atoms with Gasteiger partial charge < -0.3 is 15.4 Å². The third-order valence-corrected chi connectivity index (χ3v) is 4.17. The Balaban J connectivity index is 0.00000361. The van der Waals surface area contributed by atoms with Crippen molar-refractivity contribution in [2.24, 2.45) is 5.73 Å². The lowest BCUT2D eigenvalue weighted by molar-refractivity contribution is -0.130. The second-order valence-electron chi connectivity index (χ2n) is 4.47. The maximum absolute atomic E-state index is 12.2. The minimum atomic E-state index is -0.132. The first-order chi connectivity index (χ1) is 8.99. The van der Waals surface area contributed by atoms with Gasteiger partial charge in [0.2, 0.25) is 5.91 Å². The van der Waals surface area contributed by atoms with Crippen molar-refractivity contribution < 1.29 is 9.53 Å². The van der Waals surface area contributed by atoms with Crippen LogP contribution in [-0.4, -0.2) is 42.8 Å². The Labute approximate surface area is 131 Å². The van der Waals surface area contributed by atoms with E-state index < -0.39 is 0 Å². The van der Waals surface area contributed by atoms with E-state index in [0.717, 1.165) is 10.6 Å². The number of nitrogens with two attached hydrogens (primary N) is 1. The number of amides is 1. The number of methoxy groups -OCH3 is 1. The fraction of sp³-hybridized carbons (Fsp3) is 0.500. The molecule has 0 aliphatic rings. The summed E-state index contributed by atoms with van der Waals surface area (Å²) in [6, 6.07) is 7.77. The molecule has 0 aromatic heterocycles. The molecular weight excluding hydrogens is 296 g/mol. The predicted octanol–water partition coefficient (Wildman–Crippen LogP) is 2.40. The van der Waals surface area contributed by atoms with Crippen molar-refractivity contribution in [3.8, 4) is 5.75 Å². The number of ether oxygens (including phenoxy) is 1. The number of thioether (sulfide) groups is 1. The van der Waals surface area contributed by atoms with E-state index in [1.165, 1.54) is 11.8 Å². The van der Waals surface area contributed by atoms with E-state index in [4.69, 9.17) is 10.5 Å². The zero-order chi connectivity index (χ0) is 14.4. The van der Waals surface area contributed by atoms with Crippen LogP contribution in [-0.2, 0) is 4.79 Å². The molecule has 0 radical (unpaired) electrons. The Morgan fingerprint density at radius 3 is 2.35 bits per heavy atom. The van der Waals surface area contributed by atoms with Crippen molar-refractivity contribution in [1.82, 2.24) is 4.90 Å². The fourth-order valence-corrected chi connectivity index (χ4v) is 2.54. The number of benzene rings is 1. The summed E-state index contributed by atoms with van der Waals surface area (Å²) in [6.07, 6.45) is 0. The molecule has 0 saturated heterocycles. The molecule has 2 atom stereocenters. The van der Waals surface area contributed by atoms with Crippen LogP contribution in [0, 0.1) is 0 Å². The first kappa shape index (κ1) is 19.1. The highest BCUT2D eigenvalue weighted by molar-refractivity contribution is 8.00. The molecule has 0 aliphatic heterocycles. The number of rotatable bonds is 6. The van der Waals surface area contributed by atoms with Gasteiger partial charge in [-0.05, 0) is 38.1 Å². The molecule has 0 spiro atoms. The zero-order valence-corrected chi connectivity index (χ0v) is 14.0. The third kappa shape index (κ3) is 5.23. The summed E-state index contributed by atoms with van der Waals surface area (Å²) in [7, 11) is 3.43. The molecule has 114 valence electrons. The van der Waals surface area contributed by atoms with Gasteiger partial charge in [-0.1, -0.05) is 0 Å². The number of nitrogens with zero attached hydrogens (tertiary/aromatic N) is 1. The molecule has 0 fully saturated rings. The lowest BCUT2D eigenvalue weighted by Gasteiger charge is -2.26. The quantitative estimate of drug-likeness (QED) is 0.818. The van der Waals surface area contributed by atoms with Crippen LogP contribution >= 0.6 is 24.2 Å². The summed E-state index contributed by atoms with van der Waals surface area (Å²) in [5.41, 5.74) is 5.58. The molecule has 1 rings (SSSR count). The lowest BCUT2D eigenvalue weighted by atomic mass is 10.3. The Hall–Kier alpha value is -0.910. The van der Waals surface area contributed by atoms with Gasteiger partial charge in [-0.15, -0.1) is 24.2 Å². The molecule has 2 N–H and O–H groups in total. The van der Waals surface area contributed by atoms with E-state index in [1.54, 1.807) is 19.1 Å². The Morgan fingerprint density at radius 2 is 1.90 bits per heavy atom. The Kier molecular flexibility index (Phi) is 8.69. The second kappa shape index (κ2) is 9.10. The fourth-order valence-electron chi connectivity index (χ4n) is 1.57. The highest BCUT2D eigenvalue weighted by Gasteiger charge is 2.21. The van der Waals surface area contributed by atoms with E-state index in [9.17, 15) is 4.79 Å². The molecule has 4 nitrogen and oxygen atoms in total. The summed E-state index contributed by atoms with van der Waals surface area (Å²) in [4.78, 5) is 15.0. The maximum atomic E-state index is 12.2. The van der Waals surface area contributed by atoms with Gasteiger partial charge in [0.1, 0.15) is 5.75 Å². The molecule has 6 heteroatoms. The van der Waals surface area contributed by atoms with Gasteiger partial charge in [0.05, 0.1) is 12.4 Å². The highest BCUT2D eigenvalue weighted by Crippen LogP contribution is 2.26. The largest absolute Gasteiger partial charge is 0.497 e. The van der Waals surface area contributed by atoms with E-state index in [-0.39, 0.29) is 29.6 Å². The van der Waals surface area contributed by atoms with Crippen molar-refractivity contribution in [2.75, 3.05) is 20.7 Å². The third-order valence-electron chi connectivity index (χ3n) is 3.07. The molecule has 1 aromatic carbocycles. The maximum Gasteiger partial charge on any atom is 0.235 e. The van der Waals surface area contributed by atoms with E-state index in [1.807, 2.05) is 38.1 Å². The molecular formula is C14H23ClN2O2S. The number of carbonyl (C=O) groups is 1. The summed E-state index contributed by atoms with van der Waals surface area (Å²) in [6.45, 7) is 4.34. The van der Waals surface area contributed by atoms with Gasteiger partial charge in [0.25, 0.3) is 0 Å². The van der Waals surface area contributed by atoms with Crippen LogP contribution < -0.4 is 10.5 Å². The second-order valence-corrected chi connectivity index (χ2v) is 5.88. The van der Waals surface area contributed by atoms with E-state index in [2.05, 4.69) is 0 Å². The first-order valence-electron chi connectivity index (χ1n) is 6.27. The average molecular weight is 319 g/mol. The van der Waals surface area contributed by atoms with Gasteiger partial charge in [0.15, 0.2) is 0 Å². The predicted molar refractivity (Wildman–Crippen MR) is 86.8 cm³/mol. The SMILES string of the molecule is COc1ccc(SC(C)C(=O)N(C)C(C)CN)cc1.Cl. The van der Waals surface area contributed by atoms with E-state index in [0.29, 0.717) is 6.54 Å². The number of likely N-dealkylation sites (N-methyl/N-ethyl adjacent to an activating group) is 1. The lowest BCUT2D eigenvalue weighted by Crippen LogP contribution is -2.43. The van der Waals surface area contributed by atoms with Crippen molar-refractivity contribution in [3.63, 3.8) is 0 Å². The number of hydrogen-bond acceptors (Lipinski definition) is 4. The number of carbonyl (C=O) groups excluding carboxylic acids is 1. The van der Waals surface area contributed by atoms with Crippen LogP contribution in [0.5, 0.6) is 5.75 Å². The summed E-state index contributed by atoms with van der Waals surface area (Å²) in [5.74, 6) is 0.913. The molecule has 0 heterocycles. The monoisotopic (exact) mass is 318 g/mol. The first-order valence-corrected chi connectivity index (χ1v) is 7.15. The molecule has 2 unspecified atom stereocenters. The molecule has 1 aromatic rings. The Bertz CT molecular complexity index is 414. The minimum absolute atomic E-state index is 0. The van der Waals surface area contributed by atoms with Crippen LogP contribution in [0.3, 0.4) is 0 Å². The number of hydrogen-bond donors (Lipinski definition) is 1. The number of halogens is 1. The molecule has 20 heavy (non-hydrogen) atoms. The van der Waals surface area contributed by atoms with Gasteiger partial charge >= 0.3 is 0 Å². The van der Waals surface area contributed by atoms with Crippen LogP contribution in [0.2, 0.25) is 0 Å². The van der Waals surface area contributed by atoms with Crippen LogP contribution in [0.15, 0.2) is 29.2 Å².